The molecular weight excluding hydrogens is 512 g/mol. The first-order chi connectivity index (χ1) is 17.8. The van der Waals surface area contributed by atoms with Gasteiger partial charge in [-0.25, -0.2) is 0 Å². The molecule has 4 heterocycles. The molecule has 2 aliphatic heterocycles. The van der Waals surface area contributed by atoms with E-state index >= 15 is 0 Å². The second-order valence-corrected chi connectivity index (χ2v) is 12.1. The van der Waals surface area contributed by atoms with Crippen LogP contribution in [0, 0.1) is 5.41 Å². The average molecular weight is 543 g/mol. The van der Waals surface area contributed by atoms with Gasteiger partial charge in [-0.05, 0) is 42.7 Å². The van der Waals surface area contributed by atoms with E-state index in [4.69, 9.17) is 11.1 Å². The molecule has 1 unspecified atom stereocenters. The van der Waals surface area contributed by atoms with Crippen LogP contribution < -0.4 is 11.1 Å². The third kappa shape index (κ3) is 5.44. The molecule has 2 saturated heterocycles. The van der Waals surface area contributed by atoms with Crippen molar-refractivity contribution in [3.8, 4) is 0 Å². The van der Waals surface area contributed by atoms with Crippen LogP contribution in [0.3, 0.4) is 0 Å². The van der Waals surface area contributed by atoms with Crippen molar-refractivity contribution in [3.63, 3.8) is 0 Å². The summed E-state index contributed by atoms with van der Waals surface area (Å²) in [6.07, 6.45) is 3.23. The molecule has 2 aromatic heterocycles. The fraction of sp³-hybridized carbons (Fsp3) is 0.417. The number of amidine groups is 1. The van der Waals surface area contributed by atoms with Crippen LogP contribution >= 0.6 is 11.3 Å². The van der Waals surface area contributed by atoms with Crippen molar-refractivity contribution >= 4 is 39.2 Å². The maximum atomic E-state index is 13.2. The maximum Gasteiger partial charge on any atom is 0.291 e. The van der Waals surface area contributed by atoms with E-state index in [1.165, 1.54) is 20.3 Å². The van der Waals surface area contributed by atoms with Gasteiger partial charge in [-0.3, -0.25) is 10.2 Å². The Hall–Kier alpha value is -3.13. The number of thiophene rings is 1. The van der Waals surface area contributed by atoms with Gasteiger partial charge in [-0.1, -0.05) is 30.3 Å². The number of rotatable bonds is 8. The molecule has 3 aromatic rings. The Morgan fingerprint density at radius 3 is 2.51 bits per heavy atom. The van der Waals surface area contributed by atoms with Gasteiger partial charge in [0.05, 0.1) is 4.88 Å². The molecule has 1 atom stereocenters. The Morgan fingerprint density at radius 2 is 1.84 bits per heavy atom. The lowest BCUT2D eigenvalue weighted by atomic mass is 9.99. The van der Waals surface area contributed by atoms with Crippen molar-refractivity contribution in [1.82, 2.24) is 23.4 Å². The van der Waals surface area contributed by atoms with Gasteiger partial charge in [0.25, 0.3) is 16.1 Å². The van der Waals surface area contributed by atoms with E-state index in [-0.39, 0.29) is 17.7 Å². The van der Waals surface area contributed by atoms with Gasteiger partial charge in [0.1, 0.15) is 5.84 Å². The number of anilines is 1. The fourth-order valence-electron chi connectivity index (χ4n) is 4.69. The van der Waals surface area contributed by atoms with Crippen molar-refractivity contribution in [2.24, 2.45) is 5.73 Å². The van der Waals surface area contributed by atoms with E-state index in [0.717, 1.165) is 24.8 Å². The lowest BCUT2D eigenvalue weighted by molar-refractivity contribution is 0.0950. The Bertz CT molecular complexity index is 1360. The summed E-state index contributed by atoms with van der Waals surface area (Å²) in [6.45, 7) is 2.28. The number of nitrogens with two attached hydrogens (primary N) is 1. The van der Waals surface area contributed by atoms with Gasteiger partial charge in [0, 0.05) is 44.2 Å². The highest BCUT2D eigenvalue weighted by Crippen LogP contribution is 2.29. The van der Waals surface area contributed by atoms with E-state index in [2.05, 4.69) is 15.4 Å². The number of nitrogens with zero attached hydrogens (tertiary/aromatic N) is 5. The Kier molecular flexibility index (Phi) is 7.38. The van der Waals surface area contributed by atoms with Crippen molar-refractivity contribution in [3.05, 3.63) is 63.6 Å². The fourth-order valence-corrected chi connectivity index (χ4v) is 7.11. The minimum Gasteiger partial charge on any atom is -0.384 e. The monoisotopic (exact) mass is 542 g/mol. The van der Waals surface area contributed by atoms with Crippen LogP contribution in [0.1, 0.15) is 58.2 Å². The van der Waals surface area contributed by atoms with E-state index in [9.17, 15) is 13.2 Å². The summed E-state index contributed by atoms with van der Waals surface area (Å²) in [5.41, 5.74) is 7.09. The molecule has 2 aliphatic rings. The zero-order chi connectivity index (χ0) is 26.0. The summed E-state index contributed by atoms with van der Waals surface area (Å²) in [7, 11) is -3.51. The molecule has 2 fully saturated rings. The number of nitrogens with one attached hydrogen (secondary N) is 2. The zero-order valence-electron chi connectivity index (χ0n) is 20.3. The SMILES string of the molecule is N=C(N)c1ccc(CNc2nc(C3CCCN(S(=O)(=O)N4CCCC4)C3)nn2C(=O)c2cccs2)cc1. The van der Waals surface area contributed by atoms with E-state index < -0.39 is 10.2 Å². The lowest BCUT2D eigenvalue weighted by Gasteiger charge is -2.33. The highest BCUT2D eigenvalue weighted by atomic mass is 32.2. The summed E-state index contributed by atoms with van der Waals surface area (Å²) < 4.78 is 30.7. The summed E-state index contributed by atoms with van der Waals surface area (Å²) in [5, 5.41) is 17.2. The van der Waals surface area contributed by atoms with Crippen molar-refractivity contribution in [1.29, 1.82) is 5.41 Å². The second-order valence-electron chi connectivity index (χ2n) is 9.26. The molecular formula is C24H30N8O3S2. The number of hydrogen-bond donors (Lipinski definition) is 3. The van der Waals surface area contributed by atoms with Crippen LogP contribution in [0.25, 0.3) is 0 Å². The van der Waals surface area contributed by atoms with Gasteiger partial charge >= 0.3 is 0 Å². The number of piperidine rings is 1. The number of carbonyl (C=O) groups is 1. The summed E-state index contributed by atoms with van der Waals surface area (Å²) in [6, 6.07) is 10.8. The molecule has 0 aliphatic carbocycles. The molecule has 37 heavy (non-hydrogen) atoms. The van der Waals surface area contributed by atoms with E-state index in [1.807, 2.05) is 23.6 Å². The zero-order valence-corrected chi connectivity index (χ0v) is 22.0. The predicted octanol–water partition coefficient (Wildman–Crippen LogP) is 2.44. The Morgan fingerprint density at radius 1 is 1.11 bits per heavy atom. The Balaban J connectivity index is 1.38. The van der Waals surface area contributed by atoms with Crippen LogP contribution in [0.2, 0.25) is 0 Å². The van der Waals surface area contributed by atoms with Gasteiger partial charge in [-0.15, -0.1) is 16.4 Å². The average Bonchev–Trinajstić information content (AvgIpc) is 3.69. The molecule has 13 heteroatoms. The van der Waals surface area contributed by atoms with E-state index in [0.29, 0.717) is 61.4 Å². The summed E-state index contributed by atoms with van der Waals surface area (Å²) >= 11 is 1.33. The minimum absolute atomic E-state index is 0.00119. The summed E-state index contributed by atoms with van der Waals surface area (Å²) in [4.78, 5) is 18.4. The van der Waals surface area contributed by atoms with Gasteiger partial charge in [0.2, 0.25) is 5.95 Å². The minimum atomic E-state index is -3.51. The number of hydrogen-bond acceptors (Lipinski definition) is 8. The van der Waals surface area contributed by atoms with Gasteiger partial charge < -0.3 is 11.1 Å². The first kappa shape index (κ1) is 25.5. The van der Waals surface area contributed by atoms with Crippen LogP contribution in [0.15, 0.2) is 41.8 Å². The number of carbonyl (C=O) groups excluding carboxylic acids is 1. The first-order valence-corrected chi connectivity index (χ1v) is 14.6. The van der Waals surface area contributed by atoms with Crippen LogP contribution in [0.4, 0.5) is 5.95 Å². The van der Waals surface area contributed by atoms with Crippen molar-refractivity contribution < 1.29 is 13.2 Å². The molecule has 0 bridgehead atoms. The smallest absolute Gasteiger partial charge is 0.291 e. The Labute approximate surface area is 220 Å². The predicted molar refractivity (Wildman–Crippen MR) is 142 cm³/mol. The number of aromatic nitrogens is 3. The molecule has 4 N–H and O–H groups in total. The quantitative estimate of drug-likeness (QED) is 0.292. The highest BCUT2D eigenvalue weighted by Gasteiger charge is 2.37. The number of nitrogen functional groups attached to an aromatic ring is 1. The topological polar surface area (TPSA) is 150 Å². The number of benzene rings is 1. The van der Waals surface area contributed by atoms with Crippen molar-refractivity contribution in [2.45, 2.75) is 38.1 Å². The largest absolute Gasteiger partial charge is 0.384 e. The summed E-state index contributed by atoms with van der Waals surface area (Å²) in [5.74, 6) is 0.266. The van der Waals surface area contributed by atoms with Crippen LogP contribution in [-0.2, 0) is 16.8 Å². The second kappa shape index (κ2) is 10.7. The van der Waals surface area contributed by atoms with Gasteiger partial charge in [-0.2, -0.15) is 26.7 Å². The molecule has 1 aromatic carbocycles. The molecule has 0 spiro atoms. The highest BCUT2D eigenvalue weighted by molar-refractivity contribution is 7.86. The third-order valence-electron chi connectivity index (χ3n) is 6.73. The molecule has 5 rings (SSSR count). The van der Waals surface area contributed by atoms with E-state index in [1.54, 1.807) is 22.5 Å². The normalized spacial score (nSPS) is 19.2. The lowest BCUT2D eigenvalue weighted by Crippen LogP contribution is -2.46. The standard InChI is InChI=1S/C24H30N8O3S2/c25-21(26)18-9-7-17(8-10-18)15-27-24-28-22(29-32(24)23(33)20-6-4-14-36-20)19-5-3-13-31(16-19)37(34,35)30-11-1-2-12-30/h4,6-10,14,19H,1-3,5,11-13,15-16H2,(H3,25,26)(H,27,28,29). The van der Waals surface area contributed by atoms with Crippen molar-refractivity contribution in [2.75, 3.05) is 31.5 Å². The first-order valence-electron chi connectivity index (χ1n) is 12.3. The van der Waals surface area contributed by atoms with Gasteiger partial charge in [0.15, 0.2) is 5.82 Å². The molecule has 0 saturated carbocycles. The van der Waals surface area contributed by atoms with Crippen LogP contribution in [-0.4, -0.2) is 69.7 Å². The molecule has 0 amide bonds. The molecule has 11 nitrogen and oxygen atoms in total. The van der Waals surface area contributed by atoms with Crippen LogP contribution in [0.5, 0.6) is 0 Å². The maximum absolute atomic E-state index is 13.2. The molecule has 0 radical (unpaired) electrons. The molecule has 196 valence electrons. The third-order valence-corrected chi connectivity index (χ3v) is 9.59.